The molecule has 2 heterocycles. The van der Waals surface area contributed by atoms with Crippen LogP contribution in [0, 0.1) is 6.92 Å². The van der Waals surface area contributed by atoms with Gasteiger partial charge in [-0.25, -0.2) is 10.9 Å². The fourth-order valence-corrected chi connectivity index (χ4v) is 2.50. The molecule has 0 aliphatic rings. The molecule has 0 bridgehead atoms. The predicted molar refractivity (Wildman–Crippen MR) is 113 cm³/mol. The van der Waals surface area contributed by atoms with Crippen LogP contribution >= 0.6 is 0 Å². The van der Waals surface area contributed by atoms with Crippen molar-refractivity contribution < 1.29 is 19.8 Å². The predicted octanol–water partition coefficient (Wildman–Crippen LogP) is 1.72. The number of nitrogens with one attached hydrogen (secondary N) is 2. The highest BCUT2D eigenvalue weighted by Gasteiger charge is 2.13. The molecule has 31 heavy (non-hydrogen) atoms. The van der Waals surface area contributed by atoms with E-state index in [0.29, 0.717) is 11.1 Å². The second kappa shape index (κ2) is 9.74. The Kier molecular flexibility index (Phi) is 6.64. The van der Waals surface area contributed by atoms with E-state index in [0.717, 1.165) is 0 Å². The molecule has 0 fully saturated rings. The number of hydrogen-bond acceptors (Lipinski definition) is 8. The lowest BCUT2D eigenvalue weighted by Gasteiger charge is -2.09. The largest absolute Gasteiger partial charge is 0.507 e. The topological polar surface area (TPSA) is 149 Å². The van der Waals surface area contributed by atoms with Crippen molar-refractivity contribution in [3.63, 3.8) is 0 Å². The molecule has 1 aromatic carbocycles. The van der Waals surface area contributed by atoms with Gasteiger partial charge >= 0.3 is 0 Å². The Morgan fingerprint density at radius 1 is 0.806 bits per heavy atom. The van der Waals surface area contributed by atoms with Gasteiger partial charge < -0.3 is 10.2 Å². The second-order valence-corrected chi connectivity index (χ2v) is 6.25. The zero-order chi connectivity index (χ0) is 22.2. The van der Waals surface area contributed by atoms with Gasteiger partial charge in [-0.05, 0) is 37.3 Å². The van der Waals surface area contributed by atoms with E-state index in [4.69, 9.17) is 0 Å². The van der Waals surface area contributed by atoms with Crippen LogP contribution in [0.2, 0.25) is 0 Å². The molecule has 3 aromatic rings. The van der Waals surface area contributed by atoms with E-state index in [9.17, 15) is 19.8 Å². The molecule has 0 aliphatic heterocycles. The van der Waals surface area contributed by atoms with E-state index in [1.807, 2.05) is 0 Å². The van der Waals surface area contributed by atoms with Crippen molar-refractivity contribution in [2.24, 2.45) is 10.2 Å². The van der Waals surface area contributed by atoms with Crippen molar-refractivity contribution in [2.75, 3.05) is 0 Å². The molecule has 0 aliphatic carbocycles. The summed E-state index contributed by atoms with van der Waals surface area (Å²) in [5.74, 6) is -1.32. The van der Waals surface area contributed by atoms with E-state index in [1.54, 1.807) is 0 Å². The zero-order valence-corrected chi connectivity index (χ0v) is 16.4. The molecule has 10 heteroatoms. The lowest BCUT2D eigenvalue weighted by molar-refractivity contribution is 0.0947. The van der Waals surface area contributed by atoms with Crippen molar-refractivity contribution in [1.82, 2.24) is 20.8 Å². The number of aromatic hydroxyl groups is 2. The first-order valence-corrected chi connectivity index (χ1v) is 8.99. The van der Waals surface area contributed by atoms with Crippen molar-refractivity contribution in [2.45, 2.75) is 6.92 Å². The number of pyridine rings is 2. The van der Waals surface area contributed by atoms with Crippen LogP contribution in [0.1, 0.15) is 37.4 Å². The highest BCUT2D eigenvalue weighted by molar-refractivity contribution is 5.97. The Labute approximate surface area is 177 Å². The van der Waals surface area contributed by atoms with Gasteiger partial charge in [-0.15, -0.1) is 0 Å². The molecular weight excluding hydrogens is 400 g/mol. The highest BCUT2D eigenvalue weighted by atomic mass is 16.3. The Bertz CT molecular complexity index is 1060. The van der Waals surface area contributed by atoms with Crippen LogP contribution in [0.3, 0.4) is 0 Å². The molecule has 2 amide bonds. The van der Waals surface area contributed by atoms with E-state index >= 15 is 0 Å². The lowest BCUT2D eigenvalue weighted by Crippen LogP contribution is -2.17. The number of amides is 2. The van der Waals surface area contributed by atoms with Gasteiger partial charge in [0, 0.05) is 52.6 Å². The summed E-state index contributed by atoms with van der Waals surface area (Å²) in [6.07, 6.45) is 8.38. The number of nitrogens with zero attached hydrogens (tertiary/aromatic N) is 4. The van der Waals surface area contributed by atoms with Crippen LogP contribution in [0.5, 0.6) is 11.5 Å². The fourth-order valence-electron chi connectivity index (χ4n) is 2.50. The molecule has 156 valence electrons. The summed E-state index contributed by atoms with van der Waals surface area (Å²) in [4.78, 5) is 31.7. The molecule has 0 unspecified atom stereocenters. The van der Waals surface area contributed by atoms with Gasteiger partial charge in [0.25, 0.3) is 11.8 Å². The maximum Gasteiger partial charge on any atom is 0.271 e. The Morgan fingerprint density at radius 3 is 1.58 bits per heavy atom. The Morgan fingerprint density at radius 2 is 1.19 bits per heavy atom. The molecule has 0 radical (unpaired) electrons. The molecule has 0 atom stereocenters. The van der Waals surface area contributed by atoms with Gasteiger partial charge in [0.1, 0.15) is 11.5 Å². The SMILES string of the molecule is Cc1c(O)c(/C=N/NC(=O)c2ccncc2)cc(/C=N/NC(=O)c2ccncc2)c1O. The minimum Gasteiger partial charge on any atom is -0.507 e. The number of hydrazone groups is 2. The number of hydrogen-bond donors (Lipinski definition) is 4. The lowest BCUT2D eigenvalue weighted by atomic mass is 10.0. The average molecular weight is 418 g/mol. The maximum absolute atomic E-state index is 12.0. The molecule has 0 saturated carbocycles. The number of phenols is 2. The van der Waals surface area contributed by atoms with E-state index in [1.165, 1.54) is 74.5 Å². The second-order valence-electron chi connectivity index (χ2n) is 6.25. The van der Waals surface area contributed by atoms with Gasteiger partial charge in [0.2, 0.25) is 0 Å². The summed E-state index contributed by atoms with van der Waals surface area (Å²) in [5, 5.41) is 28.2. The quantitative estimate of drug-likeness (QED) is 0.354. The number of carbonyl (C=O) groups excluding carboxylic acids is 2. The number of benzene rings is 1. The number of phenolic OH excluding ortho intramolecular Hbond substituents is 2. The monoisotopic (exact) mass is 418 g/mol. The molecule has 2 aromatic heterocycles. The highest BCUT2D eigenvalue weighted by Crippen LogP contribution is 2.31. The van der Waals surface area contributed by atoms with Gasteiger partial charge in [0.05, 0.1) is 12.4 Å². The summed E-state index contributed by atoms with van der Waals surface area (Å²) < 4.78 is 0. The van der Waals surface area contributed by atoms with Crippen LogP contribution in [0.25, 0.3) is 0 Å². The molecule has 3 rings (SSSR count). The minimum atomic E-state index is -0.450. The van der Waals surface area contributed by atoms with Crippen LogP contribution < -0.4 is 10.9 Å². The smallest absolute Gasteiger partial charge is 0.271 e. The molecule has 10 nitrogen and oxygen atoms in total. The first-order chi connectivity index (χ1) is 15.0. The van der Waals surface area contributed by atoms with Gasteiger partial charge in [-0.1, -0.05) is 0 Å². The van der Waals surface area contributed by atoms with Crippen LogP contribution in [-0.2, 0) is 0 Å². The third-order valence-electron chi connectivity index (χ3n) is 4.19. The number of rotatable bonds is 6. The summed E-state index contributed by atoms with van der Waals surface area (Å²) in [5.41, 5.74) is 6.06. The third-order valence-corrected chi connectivity index (χ3v) is 4.19. The summed E-state index contributed by atoms with van der Waals surface area (Å²) in [6, 6.07) is 7.52. The van der Waals surface area contributed by atoms with E-state index in [-0.39, 0.29) is 28.2 Å². The summed E-state index contributed by atoms with van der Waals surface area (Å²) in [6.45, 7) is 1.50. The normalized spacial score (nSPS) is 11.0. The molecule has 0 saturated heterocycles. The summed E-state index contributed by atoms with van der Waals surface area (Å²) >= 11 is 0. The Hall–Kier alpha value is -4.60. The van der Waals surface area contributed by atoms with E-state index < -0.39 is 11.8 Å². The zero-order valence-electron chi connectivity index (χ0n) is 16.4. The van der Waals surface area contributed by atoms with Crippen LogP contribution in [0.4, 0.5) is 0 Å². The van der Waals surface area contributed by atoms with Gasteiger partial charge in [-0.3, -0.25) is 19.6 Å². The number of carbonyl (C=O) groups is 2. The molecule has 0 spiro atoms. The standard InChI is InChI=1S/C21H18N6O4/c1-13-18(28)16(11-24-26-20(30)14-2-6-22-7-3-14)10-17(19(13)29)12-25-27-21(31)15-4-8-23-9-5-15/h2-12,28-29H,1H3,(H,26,30)(H,27,31)/b24-11+,25-12+. The van der Waals surface area contributed by atoms with Crippen LogP contribution in [-0.4, -0.2) is 44.4 Å². The first kappa shape index (κ1) is 21.1. The van der Waals surface area contributed by atoms with Crippen molar-refractivity contribution in [3.8, 4) is 11.5 Å². The number of aromatic nitrogens is 2. The van der Waals surface area contributed by atoms with Crippen molar-refractivity contribution >= 4 is 24.2 Å². The third kappa shape index (κ3) is 5.26. The van der Waals surface area contributed by atoms with Gasteiger partial charge in [-0.2, -0.15) is 10.2 Å². The molecule has 4 N–H and O–H groups in total. The fraction of sp³-hybridized carbons (Fsp3) is 0.0476. The Balaban J connectivity index is 1.73. The minimum absolute atomic E-state index is 0.186. The maximum atomic E-state index is 12.0. The van der Waals surface area contributed by atoms with Crippen LogP contribution in [0.15, 0.2) is 65.3 Å². The van der Waals surface area contributed by atoms with Gasteiger partial charge in [0.15, 0.2) is 0 Å². The average Bonchev–Trinajstić information content (AvgIpc) is 2.81. The summed E-state index contributed by atoms with van der Waals surface area (Å²) in [7, 11) is 0. The van der Waals surface area contributed by atoms with Crippen molar-refractivity contribution in [3.05, 3.63) is 82.9 Å². The first-order valence-electron chi connectivity index (χ1n) is 8.99. The van der Waals surface area contributed by atoms with Crippen molar-refractivity contribution in [1.29, 1.82) is 0 Å². The molecular formula is C21H18N6O4. The van der Waals surface area contributed by atoms with E-state index in [2.05, 4.69) is 31.0 Å².